The lowest BCUT2D eigenvalue weighted by Crippen LogP contribution is -2.49. The molecule has 216 valence electrons. The Morgan fingerprint density at radius 2 is 1.73 bits per heavy atom. The lowest BCUT2D eigenvalue weighted by molar-refractivity contribution is 0.0825. The van der Waals surface area contributed by atoms with Crippen molar-refractivity contribution in [3.05, 3.63) is 101 Å². The normalized spacial score (nSPS) is 18.8. The van der Waals surface area contributed by atoms with Crippen LogP contribution in [-0.4, -0.2) is 50.2 Å². The van der Waals surface area contributed by atoms with Crippen molar-refractivity contribution in [2.24, 2.45) is 0 Å². The number of halogens is 2. The van der Waals surface area contributed by atoms with Crippen molar-refractivity contribution in [1.82, 2.24) is 10.6 Å². The van der Waals surface area contributed by atoms with E-state index >= 15 is 0 Å². The molecule has 40 heavy (non-hydrogen) atoms. The summed E-state index contributed by atoms with van der Waals surface area (Å²) in [5.41, 5.74) is 1.82. The van der Waals surface area contributed by atoms with Gasteiger partial charge in [-0.3, -0.25) is 13.9 Å². The number of nitrogens with one attached hydrogen (secondary N) is 2. The third kappa shape index (κ3) is 8.25. The lowest BCUT2D eigenvalue weighted by atomic mass is 9.98. The molecule has 1 heterocycles. The molecule has 10 heteroatoms. The van der Waals surface area contributed by atoms with Gasteiger partial charge in [0.2, 0.25) is 0 Å². The average molecular weight is 575 g/mol. The zero-order valence-electron chi connectivity index (χ0n) is 22.7. The third-order valence-corrected chi connectivity index (χ3v) is 8.15. The summed E-state index contributed by atoms with van der Waals surface area (Å²) in [7, 11) is -2.91. The highest BCUT2D eigenvalue weighted by atomic mass is 32.3. The Morgan fingerprint density at radius 3 is 2.38 bits per heavy atom. The Hall–Kier alpha value is -3.02. The van der Waals surface area contributed by atoms with Gasteiger partial charge in [-0.05, 0) is 80.3 Å². The van der Waals surface area contributed by atoms with Crippen molar-refractivity contribution in [3.8, 4) is 5.75 Å². The Bertz CT molecular complexity index is 1310. The highest BCUT2D eigenvalue weighted by Crippen LogP contribution is 2.51. The number of carbonyl (C=O) groups excluding carboxylic acids is 1. The van der Waals surface area contributed by atoms with E-state index < -0.39 is 51.9 Å². The number of rotatable bonds is 9. The number of amides is 1. The molecule has 3 aromatic carbocycles. The van der Waals surface area contributed by atoms with E-state index in [1.807, 2.05) is 32.9 Å². The van der Waals surface area contributed by atoms with E-state index in [4.69, 9.17) is 4.74 Å². The molecule has 0 spiro atoms. The van der Waals surface area contributed by atoms with Crippen LogP contribution in [0.25, 0.3) is 0 Å². The maximum Gasteiger partial charge on any atom is 0.251 e. The van der Waals surface area contributed by atoms with E-state index in [2.05, 4.69) is 10.6 Å². The quantitative estimate of drug-likeness (QED) is 0.233. The van der Waals surface area contributed by atoms with Crippen LogP contribution >= 0.6 is 10.6 Å². The molecular weight excluding hydrogens is 538 g/mol. The second-order valence-electron chi connectivity index (χ2n) is 11.1. The van der Waals surface area contributed by atoms with E-state index in [0.717, 1.165) is 29.3 Å². The van der Waals surface area contributed by atoms with Crippen LogP contribution < -0.4 is 15.4 Å². The predicted octanol–water partition coefficient (Wildman–Crippen LogP) is 5.44. The van der Waals surface area contributed by atoms with Crippen LogP contribution in [0.4, 0.5) is 8.78 Å². The number of ether oxygens (including phenoxy) is 1. The number of aliphatic hydroxyl groups excluding tert-OH is 1. The van der Waals surface area contributed by atoms with E-state index in [-0.39, 0.29) is 30.0 Å². The predicted molar refractivity (Wildman–Crippen MR) is 153 cm³/mol. The number of benzene rings is 3. The second-order valence-corrected chi connectivity index (χ2v) is 13.4. The minimum absolute atomic E-state index is 0.0316. The van der Waals surface area contributed by atoms with E-state index in [1.165, 1.54) is 0 Å². The van der Waals surface area contributed by atoms with Crippen molar-refractivity contribution in [2.45, 2.75) is 56.7 Å². The third-order valence-electron chi connectivity index (χ3n) is 6.51. The van der Waals surface area contributed by atoms with Crippen LogP contribution in [0.2, 0.25) is 0 Å². The van der Waals surface area contributed by atoms with Crippen LogP contribution in [0.3, 0.4) is 0 Å². The standard InChI is InChI=1S/C30H36F2N2O5S/c1-30(2,3)39-24-10-9-21-17-40(37,38)18-27(25(21)15-24)33-16-28(35)26(13-19-11-22(31)14-23(32)12-19)34-29(36)20-7-5-4-6-8-20/h4-12,14-15,26-28,33,35,37-38H,13,16-18H2,1-3H3,(H,34,36)/t26-,27-,28-/m0/s1. The Kier molecular flexibility index (Phi) is 9.16. The largest absolute Gasteiger partial charge is 0.488 e. The van der Waals surface area contributed by atoms with E-state index in [0.29, 0.717) is 11.3 Å². The molecule has 1 aliphatic rings. The first-order chi connectivity index (χ1) is 18.8. The molecule has 0 radical (unpaired) electrons. The lowest BCUT2D eigenvalue weighted by Gasteiger charge is -2.42. The Morgan fingerprint density at radius 1 is 1.05 bits per heavy atom. The smallest absolute Gasteiger partial charge is 0.251 e. The molecule has 7 nitrogen and oxygen atoms in total. The summed E-state index contributed by atoms with van der Waals surface area (Å²) in [5, 5.41) is 17.2. The molecule has 0 aliphatic carbocycles. The summed E-state index contributed by atoms with van der Waals surface area (Å²) in [4.78, 5) is 12.9. The highest BCUT2D eigenvalue weighted by molar-refractivity contribution is 8.23. The molecule has 3 atom stereocenters. The van der Waals surface area contributed by atoms with Crippen LogP contribution in [0.15, 0.2) is 66.7 Å². The fraction of sp³-hybridized carbons (Fsp3) is 0.367. The second kappa shape index (κ2) is 12.2. The van der Waals surface area contributed by atoms with Crippen LogP contribution in [-0.2, 0) is 12.2 Å². The van der Waals surface area contributed by atoms with Crippen molar-refractivity contribution >= 4 is 16.5 Å². The maximum atomic E-state index is 13.9. The molecule has 1 aliphatic heterocycles. The van der Waals surface area contributed by atoms with Gasteiger partial charge in [0.15, 0.2) is 0 Å². The number of carbonyl (C=O) groups is 1. The number of aliphatic hydroxyl groups is 1. The SMILES string of the molecule is CC(C)(C)Oc1ccc2c(c1)[C@@H](NC[C@H](O)[C@H](Cc1cc(F)cc(F)c1)NC(=O)c1ccccc1)CS(O)(O)C2. The molecule has 0 saturated carbocycles. The fourth-order valence-electron chi connectivity index (χ4n) is 4.79. The van der Waals surface area contributed by atoms with Crippen LogP contribution in [0.5, 0.6) is 5.75 Å². The summed E-state index contributed by atoms with van der Waals surface area (Å²) in [6.07, 6.45) is -1.21. The van der Waals surface area contributed by atoms with Gasteiger partial charge >= 0.3 is 0 Å². The Labute approximate surface area is 234 Å². The minimum Gasteiger partial charge on any atom is -0.488 e. The van der Waals surface area contributed by atoms with Gasteiger partial charge in [-0.25, -0.2) is 8.78 Å². The van der Waals surface area contributed by atoms with Gasteiger partial charge in [0.05, 0.1) is 29.7 Å². The summed E-state index contributed by atoms with van der Waals surface area (Å²) in [6.45, 7) is 5.76. The van der Waals surface area contributed by atoms with Crippen molar-refractivity contribution in [3.63, 3.8) is 0 Å². The number of hydrogen-bond acceptors (Lipinski definition) is 6. The van der Waals surface area contributed by atoms with E-state index in [1.54, 1.807) is 36.4 Å². The summed E-state index contributed by atoms with van der Waals surface area (Å²) < 4.78 is 55.0. The molecule has 0 aromatic heterocycles. The molecule has 0 saturated heterocycles. The summed E-state index contributed by atoms with van der Waals surface area (Å²) in [5.74, 6) is -1.15. The maximum absolute atomic E-state index is 13.9. The topological polar surface area (TPSA) is 111 Å². The highest BCUT2D eigenvalue weighted by Gasteiger charge is 2.32. The molecular formula is C30H36F2N2O5S. The van der Waals surface area contributed by atoms with Gasteiger partial charge in [-0.15, -0.1) is 0 Å². The van der Waals surface area contributed by atoms with Crippen LogP contribution in [0.1, 0.15) is 53.9 Å². The number of hydrogen-bond donors (Lipinski definition) is 5. The first-order valence-corrected chi connectivity index (χ1v) is 14.9. The molecule has 4 rings (SSSR count). The van der Waals surface area contributed by atoms with Crippen LogP contribution in [0, 0.1) is 11.6 Å². The van der Waals surface area contributed by atoms with Gasteiger partial charge in [0.1, 0.15) is 23.0 Å². The van der Waals surface area contributed by atoms with Gasteiger partial charge in [0.25, 0.3) is 5.91 Å². The zero-order valence-corrected chi connectivity index (χ0v) is 23.6. The molecule has 0 bridgehead atoms. The first-order valence-electron chi connectivity index (χ1n) is 13.1. The molecule has 3 aromatic rings. The van der Waals surface area contributed by atoms with Gasteiger partial charge in [0, 0.05) is 18.2 Å². The molecule has 1 amide bonds. The van der Waals surface area contributed by atoms with Gasteiger partial charge in [-0.1, -0.05) is 24.3 Å². The van der Waals surface area contributed by atoms with Crippen molar-refractivity contribution < 1.29 is 32.5 Å². The summed E-state index contributed by atoms with van der Waals surface area (Å²) >= 11 is 0. The monoisotopic (exact) mass is 574 g/mol. The zero-order chi connectivity index (χ0) is 29.1. The average Bonchev–Trinajstić information content (AvgIpc) is 2.85. The van der Waals surface area contributed by atoms with Crippen molar-refractivity contribution in [2.75, 3.05) is 12.3 Å². The minimum atomic E-state index is -2.91. The number of fused-ring (bicyclic) bond motifs is 1. The van der Waals surface area contributed by atoms with Crippen molar-refractivity contribution in [1.29, 1.82) is 0 Å². The fourth-order valence-corrected chi connectivity index (χ4v) is 6.50. The molecule has 5 N–H and O–H groups in total. The first kappa shape index (κ1) is 30.0. The van der Waals surface area contributed by atoms with Gasteiger partial charge < -0.3 is 20.5 Å². The summed E-state index contributed by atoms with van der Waals surface area (Å²) in [6, 6.07) is 15.6. The molecule has 0 fully saturated rings. The molecule has 0 unspecified atom stereocenters. The Balaban J connectivity index is 1.55. The van der Waals surface area contributed by atoms with Gasteiger partial charge in [-0.2, -0.15) is 10.6 Å². The van der Waals surface area contributed by atoms with E-state index in [9.17, 15) is 27.8 Å².